The van der Waals surface area contributed by atoms with Crippen molar-refractivity contribution in [1.82, 2.24) is 5.32 Å². The third kappa shape index (κ3) is 3.44. The molecule has 3 aliphatic rings. The number of rotatable bonds is 3. The van der Waals surface area contributed by atoms with Gasteiger partial charge in [0, 0.05) is 41.3 Å². The van der Waals surface area contributed by atoms with Crippen LogP contribution in [-0.2, 0) is 9.59 Å². The highest BCUT2D eigenvalue weighted by Crippen LogP contribution is 2.51. The summed E-state index contributed by atoms with van der Waals surface area (Å²) in [6, 6.07) is 5.71. The predicted octanol–water partition coefficient (Wildman–Crippen LogP) is 4.68. The Kier molecular flexibility index (Phi) is 4.83. The molecule has 5 heteroatoms. The summed E-state index contributed by atoms with van der Waals surface area (Å²) >= 11 is 0. The molecular formula is C25H31NO4. The van der Waals surface area contributed by atoms with E-state index in [0.717, 1.165) is 40.9 Å². The third-order valence-electron chi connectivity index (χ3n) is 6.46. The maximum absolute atomic E-state index is 13.3. The summed E-state index contributed by atoms with van der Waals surface area (Å²) in [6.45, 7) is 8.51. The number of hydrogen-bond donors (Lipinski definition) is 1. The molecule has 0 bridgehead atoms. The average Bonchev–Trinajstić information content (AvgIpc) is 2.63. The first-order valence-electron chi connectivity index (χ1n) is 10.6. The van der Waals surface area contributed by atoms with Crippen LogP contribution in [0.3, 0.4) is 0 Å². The second kappa shape index (κ2) is 7.00. The zero-order chi connectivity index (χ0) is 21.8. The summed E-state index contributed by atoms with van der Waals surface area (Å²) in [4.78, 5) is 26.7. The predicted molar refractivity (Wildman–Crippen MR) is 116 cm³/mol. The number of ketones is 2. The van der Waals surface area contributed by atoms with E-state index in [1.807, 2.05) is 18.2 Å². The van der Waals surface area contributed by atoms with Gasteiger partial charge in [-0.1, -0.05) is 33.8 Å². The Balaban J connectivity index is 1.92. The normalized spacial score (nSPS) is 23.0. The van der Waals surface area contributed by atoms with Crippen LogP contribution in [0.1, 0.15) is 64.9 Å². The average molecular weight is 410 g/mol. The fraction of sp³-hybridized carbons (Fsp3) is 0.520. The van der Waals surface area contributed by atoms with Crippen LogP contribution in [-0.4, -0.2) is 25.8 Å². The lowest BCUT2D eigenvalue weighted by Gasteiger charge is -2.44. The van der Waals surface area contributed by atoms with E-state index in [1.54, 1.807) is 14.2 Å². The van der Waals surface area contributed by atoms with Crippen molar-refractivity contribution in [3.05, 3.63) is 46.3 Å². The number of hydrogen-bond acceptors (Lipinski definition) is 5. The Morgan fingerprint density at radius 1 is 0.800 bits per heavy atom. The largest absolute Gasteiger partial charge is 0.493 e. The van der Waals surface area contributed by atoms with E-state index >= 15 is 0 Å². The van der Waals surface area contributed by atoms with Crippen molar-refractivity contribution in [3.8, 4) is 11.5 Å². The van der Waals surface area contributed by atoms with E-state index in [-0.39, 0.29) is 28.3 Å². The molecule has 1 aromatic rings. The van der Waals surface area contributed by atoms with E-state index in [2.05, 4.69) is 33.0 Å². The minimum Gasteiger partial charge on any atom is -0.493 e. The van der Waals surface area contributed by atoms with Gasteiger partial charge in [0.05, 0.1) is 14.2 Å². The molecule has 4 rings (SSSR count). The summed E-state index contributed by atoms with van der Waals surface area (Å²) in [5.41, 5.74) is 4.13. The molecule has 0 fully saturated rings. The zero-order valence-corrected chi connectivity index (χ0v) is 18.8. The van der Waals surface area contributed by atoms with Crippen molar-refractivity contribution in [2.24, 2.45) is 10.8 Å². The number of allylic oxidation sites excluding steroid dienone is 4. The standard InChI is InChI=1S/C25H31NO4/c1-24(2)10-15-22(17(27)12-24)21(14-7-8-19(29-5)20(9-14)30-6)23-16(26-15)11-25(3,4)13-18(23)28/h7-9,21,26H,10-13H2,1-6H3. The van der Waals surface area contributed by atoms with Crippen molar-refractivity contribution in [3.63, 3.8) is 0 Å². The molecular weight excluding hydrogens is 378 g/mol. The first-order chi connectivity index (χ1) is 14.0. The molecule has 1 aliphatic heterocycles. The molecule has 0 saturated heterocycles. The van der Waals surface area contributed by atoms with Crippen molar-refractivity contribution in [1.29, 1.82) is 0 Å². The maximum atomic E-state index is 13.3. The molecule has 0 radical (unpaired) electrons. The lowest BCUT2D eigenvalue weighted by atomic mass is 9.64. The summed E-state index contributed by atoms with van der Waals surface area (Å²) in [7, 11) is 3.20. The van der Waals surface area contributed by atoms with Crippen molar-refractivity contribution < 1.29 is 19.1 Å². The maximum Gasteiger partial charge on any atom is 0.162 e. The van der Waals surface area contributed by atoms with Crippen LogP contribution in [0.2, 0.25) is 0 Å². The van der Waals surface area contributed by atoms with Crippen molar-refractivity contribution in [2.75, 3.05) is 14.2 Å². The topological polar surface area (TPSA) is 64.6 Å². The summed E-state index contributed by atoms with van der Waals surface area (Å²) in [5.74, 6) is 1.12. The van der Waals surface area contributed by atoms with Gasteiger partial charge in [0.25, 0.3) is 0 Å². The molecule has 5 nitrogen and oxygen atoms in total. The van der Waals surface area contributed by atoms with Gasteiger partial charge in [-0.25, -0.2) is 0 Å². The Bertz CT molecular complexity index is 944. The van der Waals surface area contributed by atoms with E-state index in [0.29, 0.717) is 24.3 Å². The first kappa shape index (κ1) is 20.7. The molecule has 0 unspecified atom stereocenters. The molecule has 0 saturated carbocycles. The first-order valence-corrected chi connectivity index (χ1v) is 10.6. The second-order valence-corrected chi connectivity index (χ2v) is 10.3. The molecule has 30 heavy (non-hydrogen) atoms. The quantitative estimate of drug-likeness (QED) is 0.785. The van der Waals surface area contributed by atoms with Gasteiger partial charge in [-0.05, 0) is 41.4 Å². The van der Waals surface area contributed by atoms with Gasteiger partial charge >= 0.3 is 0 Å². The van der Waals surface area contributed by atoms with Gasteiger partial charge < -0.3 is 14.8 Å². The number of Topliss-reactive ketones (excluding diaryl/α,β-unsaturated/α-hetero) is 2. The van der Waals surface area contributed by atoms with Crippen LogP contribution in [0, 0.1) is 10.8 Å². The molecule has 0 spiro atoms. The van der Waals surface area contributed by atoms with E-state index in [4.69, 9.17) is 9.47 Å². The Labute approximate surface area is 178 Å². The fourth-order valence-electron chi connectivity index (χ4n) is 5.25. The molecule has 0 aromatic heterocycles. The second-order valence-electron chi connectivity index (χ2n) is 10.3. The van der Waals surface area contributed by atoms with Crippen LogP contribution >= 0.6 is 0 Å². The van der Waals surface area contributed by atoms with Crippen LogP contribution in [0.4, 0.5) is 0 Å². The molecule has 160 valence electrons. The van der Waals surface area contributed by atoms with Gasteiger partial charge in [0.15, 0.2) is 23.1 Å². The smallest absolute Gasteiger partial charge is 0.162 e. The molecule has 1 N–H and O–H groups in total. The Morgan fingerprint density at radius 2 is 1.30 bits per heavy atom. The minimum absolute atomic E-state index is 0.0999. The zero-order valence-electron chi connectivity index (χ0n) is 18.8. The SMILES string of the molecule is COc1ccc(C2C3=C(CC(C)(C)CC3=O)NC3=C2C(=O)CC(C)(C)C3)cc1OC. The molecule has 1 aromatic carbocycles. The van der Waals surface area contributed by atoms with Crippen LogP contribution in [0.5, 0.6) is 11.5 Å². The van der Waals surface area contributed by atoms with Gasteiger partial charge in [-0.15, -0.1) is 0 Å². The van der Waals surface area contributed by atoms with Crippen molar-refractivity contribution in [2.45, 2.75) is 59.3 Å². The minimum atomic E-state index is -0.358. The highest BCUT2D eigenvalue weighted by molar-refractivity contribution is 6.06. The molecule has 0 atom stereocenters. The highest BCUT2D eigenvalue weighted by Gasteiger charge is 2.46. The van der Waals surface area contributed by atoms with Crippen molar-refractivity contribution >= 4 is 11.6 Å². The number of benzene rings is 1. The van der Waals surface area contributed by atoms with Gasteiger partial charge in [0.1, 0.15) is 0 Å². The fourth-order valence-corrected chi connectivity index (χ4v) is 5.25. The van der Waals surface area contributed by atoms with Gasteiger partial charge in [-0.3, -0.25) is 9.59 Å². The third-order valence-corrected chi connectivity index (χ3v) is 6.46. The lowest BCUT2D eigenvalue weighted by molar-refractivity contribution is -0.119. The molecule has 1 heterocycles. The van der Waals surface area contributed by atoms with E-state index in [1.165, 1.54) is 0 Å². The molecule has 2 aliphatic carbocycles. The van der Waals surface area contributed by atoms with E-state index in [9.17, 15) is 9.59 Å². The number of methoxy groups -OCH3 is 2. The lowest BCUT2D eigenvalue weighted by Crippen LogP contribution is -2.42. The van der Waals surface area contributed by atoms with Gasteiger partial charge in [-0.2, -0.15) is 0 Å². The monoisotopic (exact) mass is 409 g/mol. The Hall–Kier alpha value is -2.56. The van der Waals surface area contributed by atoms with Crippen LogP contribution in [0.25, 0.3) is 0 Å². The number of ether oxygens (including phenoxy) is 2. The van der Waals surface area contributed by atoms with Crippen LogP contribution in [0.15, 0.2) is 40.7 Å². The number of nitrogens with one attached hydrogen (secondary N) is 1. The number of carbonyl (C=O) groups is 2. The van der Waals surface area contributed by atoms with E-state index < -0.39 is 0 Å². The molecule has 0 amide bonds. The summed E-state index contributed by atoms with van der Waals surface area (Å²) in [6.07, 6.45) is 2.56. The summed E-state index contributed by atoms with van der Waals surface area (Å²) < 4.78 is 10.9. The highest BCUT2D eigenvalue weighted by atomic mass is 16.5. The Morgan fingerprint density at radius 3 is 1.77 bits per heavy atom. The number of carbonyl (C=O) groups excluding carboxylic acids is 2. The summed E-state index contributed by atoms with van der Waals surface area (Å²) in [5, 5.41) is 3.54. The van der Waals surface area contributed by atoms with Crippen LogP contribution < -0.4 is 14.8 Å². The van der Waals surface area contributed by atoms with Gasteiger partial charge in [0.2, 0.25) is 0 Å². The number of dihydropyridines is 1.